The van der Waals surface area contributed by atoms with Gasteiger partial charge in [-0.3, -0.25) is 9.79 Å². The molecule has 6 nitrogen and oxygen atoms in total. The molecule has 0 spiro atoms. The van der Waals surface area contributed by atoms with E-state index in [1.807, 2.05) is 4.90 Å². The van der Waals surface area contributed by atoms with E-state index in [1.165, 1.54) is 6.26 Å². The van der Waals surface area contributed by atoms with Gasteiger partial charge in [-0.25, -0.2) is 8.78 Å². The minimum atomic E-state index is -0.483. The third kappa shape index (κ3) is 4.01. The summed E-state index contributed by atoms with van der Waals surface area (Å²) in [6.45, 7) is 2.33. The number of aliphatic imine (C=N–C) groups is 1. The number of amides is 1. The summed E-state index contributed by atoms with van der Waals surface area (Å²) >= 11 is 0. The van der Waals surface area contributed by atoms with Gasteiger partial charge in [-0.05, 0) is 30.3 Å². The standard InChI is InChI=1S/C18H20F2N4O2/c1-21-18(22-12-13-11-14(19)4-5-15(13)20)24-8-6-23(7-9-24)17(25)16-3-2-10-26-16/h2-5,10-11H,6-9,12H2,1H3,(H,21,22). The maximum absolute atomic E-state index is 13.7. The van der Waals surface area contributed by atoms with Gasteiger partial charge in [-0.1, -0.05) is 0 Å². The van der Waals surface area contributed by atoms with Crippen LogP contribution in [0.3, 0.4) is 0 Å². The minimum absolute atomic E-state index is 0.127. The zero-order valence-corrected chi connectivity index (χ0v) is 14.4. The van der Waals surface area contributed by atoms with Crippen LogP contribution in [-0.2, 0) is 6.54 Å². The molecule has 0 bridgehead atoms. The Hall–Kier alpha value is -2.90. The minimum Gasteiger partial charge on any atom is -0.459 e. The summed E-state index contributed by atoms with van der Waals surface area (Å²) in [6.07, 6.45) is 1.47. The number of furan rings is 1. The van der Waals surface area contributed by atoms with E-state index in [2.05, 4.69) is 10.3 Å². The van der Waals surface area contributed by atoms with Crippen molar-refractivity contribution in [2.24, 2.45) is 4.99 Å². The molecule has 1 aliphatic heterocycles. The van der Waals surface area contributed by atoms with Gasteiger partial charge in [-0.15, -0.1) is 0 Å². The molecule has 138 valence electrons. The van der Waals surface area contributed by atoms with Gasteiger partial charge in [0.1, 0.15) is 11.6 Å². The van der Waals surface area contributed by atoms with Gasteiger partial charge in [0.15, 0.2) is 11.7 Å². The van der Waals surface area contributed by atoms with Crippen LogP contribution in [0.1, 0.15) is 16.1 Å². The second-order valence-corrected chi connectivity index (χ2v) is 5.89. The summed E-state index contributed by atoms with van der Waals surface area (Å²) in [5.41, 5.74) is 0.234. The van der Waals surface area contributed by atoms with Crippen LogP contribution in [0.25, 0.3) is 0 Å². The van der Waals surface area contributed by atoms with Crippen molar-refractivity contribution in [3.63, 3.8) is 0 Å². The van der Waals surface area contributed by atoms with E-state index in [1.54, 1.807) is 24.1 Å². The number of carbonyl (C=O) groups is 1. The highest BCUT2D eigenvalue weighted by Gasteiger charge is 2.25. The van der Waals surface area contributed by atoms with Crippen LogP contribution in [0.4, 0.5) is 8.78 Å². The fraction of sp³-hybridized carbons (Fsp3) is 0.333. The molecular formula is C18H20F2N4O2. The molecule has 0 unspecified atom stereocenters. The van der Waals surface area contributed by atoms with Crippen molar-refractivity contribution in [1.29, 1.82) is 0 Å². The first-order valence-corrected chi connectivity index (χ1v) is 8.31. The van der Waals surface area contributed by atoms with Crippen molar-refractivity contribution in [2.75, 3.05) is 33.2 Å². The highest BCUT2D eigenvalue weighted by atomic mass is 19.1. The average Bonchev–Trinajstić information content (AvgIpc) is 3.19. The Bertz CT molecular complexity index is 784. The molecule has 8 heteroatoms. The second-order valence-electron chi connectivity index (χ2n) is 5.89. The van der Waals surface area contributed by atoms with Crippen LogP contribution in [0, 0.1) is 11.6 Å². The summed E-state index contributed by atoms with van der Waals surface area (Å²) in [4.78, 5) is 20.2. The summed E-state index contributed by atoms with van der Waals surface area (Å²) in [5, 5.41) is 3.04. The molecular weight excluding hydrogens is 342 g/mol. The highest BCUT2D eigenvalue weighted by Crippen LogP contribution is 2.11. The maximum Gasteiger partial charge on any atom is 0.289 e. The Morgan fingerprint density at radius 1 is 1.19 bits per heavy atom. The molecule has 1 aromatic heterocycles. The first-order valence-electron chi connectivity index (χ1n) is 8.31. The summed E-state index contributed by atoms with van der Waals surface area (Å²) in [5.74, 6) is -0.188. The first kappa shape index (κ1) is 17.9. The molecule has 2 aromatic rings. The number of rotatable bonds is 3. The second kappa shape index (κ2) is 7.99. The lowest BCUT2D eigenvalue weighted by molar-refractivity contribution is 0.0657. The molecule has 1 saturated heterocycles. The number of hydrogen-bond acceptors (Lipinski definition) is 3. The predicted molar refractivity (Wildman–Crippen MR) is 92.7 cm³/mol. The zero-order chi connectivity index (χ0) is 18.5. The van der Waals surface area contributed by atoms with Gasteiger partial charge >= 0.3 is 0 Å². The Labute approximate surface area is 150 Å². The van der Waals surface area contributed by atoms with Gasteiger partial charge in [0, 0.05) is 45.3 Å². The molecule has 1 amide bonds. The number of halogens is 2. The number of carbonyl (C=O) groups excluding carboxylic acids is 1. The van der Waals surface area contributed by atoms with Crippen molar-refractivity contribution in [3.8, 4) is 0 Å². The highest BCUT2D eigenvalue weighted by molar-refractivity contribution is 5.91. The zero-order valence-electron chi connectivity index (χ0n) is 14.4. The molecule has 2 heterocycles. The quantitative estimate of drug-likeness (QED) is 0.671. The largest absolute Gasteiger partial charge is 0.459 e. The van der Waals surface area contributed by atoms with Crippen LogP contribution >= 0.6 is 0 Å². The van der Waals surface area contributed by atoms with E-state index >= 15 is 0 Å². The number of piperazine rings is 1. The summed E-state index contributed by atoms with van der Waals surface area (Å²) < 4.78 is 32.1. The lowest BCUT2D eigenvalue weighted by Crippen LogP contribution is -2.53. The Morgan fingerprint density at radius 2 is 1.92 bits per heavy atom. The van der Waals surface area contributed by atoms with Crippen LogP contribution in [0.15, 0.2) is 46.0 Å². The van der Waals surface area contributed by atoms with Crippen LogP contribution < -0.4 is 5.32 Å². The molecule has 0 saturated carbocycles. The molecule has 26 heavy (non-hydrogen) atoms. The van der Waals surface area contributed by atoms with Gasteiger partial charge in [-0.2, -0.15) is 0 Å². The topological polar surface area (TPSA) is 61.1 Å². The van der Waals surface area contributed by atoms with Crippen molar-refractivity contribution < 1.29 is 18.0 Å². The fourth-order valence-electron chi connectivity index (χ4n) is 2.86. The molecule has 0 aliphatic carbocycles. The Balaban J connectivity index is 1.55. The number of benzene rings is 1. The van der Waals surface area contributed by atoms with Gasteiger partial charge < -0.3 is 19.5 Å². The van der Waals surface area contributed by atoms with Crippen molar-refractivity contribution in [3.05, 3.63) is 59.6 Å². The van der Waals surface area contributed by atoms with Crippen LogP contribution in [-0.4, -0.2) is 54.9 Å². The van der Waals surface area contributed by atoms with Crippen molar-refractivity contribution in [1.82, 2.24) is 15.1 Å². The first-order chi connectivity index (χ1) is 12.6. The lowest BCUT2D eigenvalue weighted by atomic mass is 10.2. The van der Waals surface area contributed by atoms with E-state index in [4.69, 9.17) is 4.42 Å². The number of nitrogens with one attached hydrogen (secondary N) is 1. The molecule has 0 radical (unpaired) electrons. The number of guanidine groups is 1. The van der Waals surface area contributed by atoms with E-state index in [0.29, 0.717) is 37.9 Å². The fourth-order valence-corrected chi connectivity index (χ4v) is 2.86. The molecule has 3 rings (SSSR count). The third-order valence-electron chi connectivity index (χ3n) is 4.25. The summed E-state index contributed by atoms with van der Waals surface area (Å²) in [6, 6.07) is 6.68. The van der Waals surface area contributed by atoms with Gasteiger partial charge in [0.05, 0.1) is 6.26 Å². The molecule has 1 aromatic carbocycles. The maximum atomic E-state index is 13.7. The predicted octanol–water partition coefficient (Wildman–Crippen LogP) is 2.09. The molecule has 1 fully saturated rings. The van der Waals surface area contributed by atoms with Crippen molar-refractivity contribution >= 4 is 11.9 Å². The molecule has 1 aliphatic rings. The van der Waals surface area contributed by atoms with Gasteiger partial charge in [0.25, 0.3) is 5.91 Å². The van der Waals surface area contributed by atoms with E-state index in [-0.39, 0.29) is 18.0 Å². The smallest absolute Gasteiger partial charge is 0.289 e. The van der Waals surface area contributed by atoms with E-state index in [0.717, 1.165) is 18.2 Å². The van der Waals surface area contributed by atoms with Gasteiger partial charge in [0.2, 0.25) is 0 Å². The summed E-state index contributed by atoms with van der Waals surface area (Å²) in [7, 11) is 1.63. The van der Waals surface area contributed by atoms with E-state index < -0.39 is 11.6 Å². The lowest BCUT2D eigenvalue weighted by Gasteiger charge is -2.36. The monoisotopic (exact) mass is 362 g/mol. The van der Waals surface area contributed by atoms with Crippen LogP contribution in [0.2, 0.25) is 0 Å². The Kier molecular flexibility index (Phi) is 5.50. The van der Waals surface area contributed by atoms with Crippen molar-refractivity contribution in [2.45, 2.75) is 6.54 Å². The third-order valence-corrected chi connectivity index (χ3v) is 4.25. The number of nitrogens with zero attached hydrogens (tertiary/aromatic N) is 3. The SMILES string of the molecule is CN=C(NCc1cc(F)ccc1F)N1CCN(C(=O)c2ccco2)CC1. The number of hydrogen-bond donors (Lipinski definition) is 1. The average molecular weight is 362 g/mol. The van der Waals surface area contributed by atoms with E-state index in [9.17, 15) is 13.6 Å². The molecule has 0 atom stereocenters. The Morgan fingerprint density at radius 3 is 2.58 bits per heavy atom. The normalized spacial score (nSPS) is 15.3. The van der Waals surface area contributed by atoms with Crippen LogP contribution in [0.5, 0.6) is 0 Å². The molecule has 1 N–H and O–H groups in total.